The van der Waals surface area contributed by atoms with Gasteiger partial charge in [0.25, 0.3) is 0 Å². The van der Waals surface area contributed by atoms with Gasteiger partial charge in [-0.1, -0.05) is 18.2 Å². The summed E-state index contributed by atoms with van der Waals surface area (Å²) >= 11 is 0. The van der Waals surface area contributed by atoms with Crippen molar-refractivity contribution in [2.45, 2.75) is 0 Å². The molecule has 1 aliphatic carbocycles. The van der Waals surface area contributed by atoms with E-state index in [-0.39, 0.29) is 0 Å². The lowest BCUT2D eigenvalue weighted by Gasteiger charge is -1.93. The number of carbonyl (C=O) groups excluding carboxylic acids is 1. The van der Waals surface area contributed by atoms with Crippen molar-refractivity contribution in [2.24, 2.45) is 0 Å². The Morgan fingerprint density at radius 1 is 1.60 bits per heavy atom. The summed E-state index contributed by atoms with van der Waals surface area (Å²) in [4.78, 5) is 10.3. The van der Waals surface area contributed by atoms with E-state index < -0.39 is 0 Å². The first-order chi connectivity index (χ1) is 4.88. The predicted molar refractivity (Wildman–Crippen MR) is 40.4 cm³/mol. The number of carbonyl (C=O) groups is 1. The van der Waals surface area contributed by atoms with Crippen LogP contribution in [0, 0.1) is 0 Å². The average Bonchev–Trinajstić information content (AvgIpc) is 2.36. The first kappa shape index (κ1) is 6.81. The van der Waals surface area contributed by atoms with Gasteiger partial charge in [-0.15, -0.1) is 0 Å². The van der Waals surface area contributed by atoms with Crippen molar-refractivity contribution in [3.63, 3.8) is 0 Å². The molecule has 0 radical (unpaired) electrons. The van der Waals surface area contributed by atoms with E-state index in [0.717, 1.165) is 17.4 Å². The van der Waals surface area contributed by atoms with Crippen LogP contribution in [0.4, 0.5) is 0 Å². The summed E-state index contributed by atoms with van der Waals surface area (Å²) in [6.45, 7) is 0. The minimum Gasteiger partial charge on any atom is -0.393 e. The zero-order valence-electron chi connectivity index (χ0n) is 5.79. The fraction of sp³-hybridized carbons (Fsp3) is 0.125. The molecule has 2 heteroatoms. The number of hydrogen-bond donors (Lipinski definition) is 1. The van der Waals surface area contributed by atoms with Gasteiger partial charge in [0.05, 0.1) is 0 Å². The highest BCUT2D eigenvalue weighted by Crippen LogP contribution is 2.14. The molecule has 0 saturated heterocycles. The topological polar surface area (TPSA) is 29.1 Å². The van der Waals surface area contributed by atoms with Crippen LogP contribution in [0.3, 0.4) is 0 Å². The van der Waals surface area contributed by atoms with Gasteiger partial charge in [-0.25, -0.2) is 0 Å². The van der Waals surface area contributed by atoms with Gasteiger partial charge >= 0.3 is 0 Å². The monoisotopic (exact) mass is 135 g/mol. The number of aldehydes is 1. The molecule has 0 aromatic carbocycles. The molecule has 52 valence electrons. The summed E-state index contributed by atoms with van der Waals surface area (Å²) < 4.78 is 0. The maximum Gasteiger partial charge on any atom is 0.150 e. The summed E-state index contributed by atoms with van der Waals surface area (Å²) in [5.74, 6) is 0. The van der Waals surface area contributed by atoms with Crippen molar-refractivity contribution in [3.05, 3.63) is 35.6 Å². The Balaban J connectivity index is 2.80. The molecule has 1 aliphatic rings. The highest BCUT2D eigenvalue weighted by atomic mass is 16.1. The molecule has 0 amide bonds. The predicted octanol–water partition coefficient (Wildman–Crippen LogP) is 0.785. The first-order valence-corrected chi connectivity index (χ1v) is 3.10. The van der Waals surface area contributed by atoms with Crippen LogP contribution in [-0.4, -0.2) is 13.3 Å². The van der Waals surface area contributed by atoms with Crippen LogP contribution in [0.2, 0.25) is 0 Å². The average molecular weight is 135 g/mol. The molecule has 1 N–H and O–H groups in total. The quantitative estimate of drug-likeness (QED) is 0.567. The Morgan fingerprint density at radius 2 is 2.40 bits per heavy atom. The number of hydrogen-bond acceptors (Lipinski definition) is 2. The van der Waals surface area contributed by atoms with Gasteiger partial charge in [-0.05, 0) is 0 Å². The van der Waals surface area contributed by atoms with Crippen LogP contribution in [0.25, 0.3) is 0 Å². The standard InChI is InChI=1S/C8H9NO/c1-9-5-7-3-2-4-8(7)6-10/h2-6,9H,1H3/b7-5-. The van der Waals surface area contributed by atoms with Crippen LogP contribution in [0.1, 0.15) is 0 Å². The molecule has 0 aliphatic heterocycles. The third-order valence-corrected chi connectivity index (χ3v) is 1.31. The lowest BCUT2D eigenvalue weighted by molar-refractivity contribution is -0.104. The molecular weight excluding hydrogens is 126 g/mol. The lowest BCUT2D eigenvalue weighted by Crippen LogP contribution is -1.96. The van der Waals surface area contributed by atoms with Crippen molar-refractivity contribution in [1.29, 1.82) is 0 Å². The molecular formula is C8H9NO. The molecule has 2 nitrogen and oxygen atoms in total. The molecule has 0 heterocycles. The molecule has 0 unspecified atom stereocenters. The number of allylic oxidation sites excluding steroid dienone is 5. The zero-order chi connectivity index (χ0) is 7.40. The molecule has 1 rings (SSSR count). The van der Waals surface area contributed by atoms with Crippen molar-refractivity contribution in [3.8, 4) is 0 Å². The largest absolute Gasteiger partial charge is 0.393 e. The van der Waals surface area contributed by atoms with E-state index >= 15 is 0 Å². The Morgan fingerprint density at radius 3 is 3.00 bits per heavy atom. The summed E-state index contributed by atoms with van der Waals surface area (Å²) in [5, 5.41) is 2.86. The van der Waals surface area contributed by atoms with Crippen molar-refractivity contribution in [2.75, 3.05) is 7.05 Å². The highest BCUT2D eigenvalue weighted by molar-refractivity contribution is 5.84. The van der Waals surface area contributed by atoms with Gasteiger partial charge in [0.2, 0.25) is 0 Å². The second kappa shape index (κ2) is 3.01. The molecule has 0 saturated carbocycles. The van der Waals surface area contributed by atoms with Crippen LogP contribution in [0.5, 0.6) is 0 Å². The normalized spacial score (nSPS) is 19.3. The van der Waals surface area contributed by atoms with Gasteiger partial charge in [-0.3, -0.25) is 4.79 Å². The third-order valence-electron chi connectivity index (χ3n) is 1.31. The van der Waals surface area contributed by atoms with Crippen LogP contribution < -0.4 is 5.32 Å². The lowest BCUT2D eigenvalue weighted by atomic mass is 10.2. The van der Waals surface area contributed by atoms with Crippen LogP contribution in [0.15, 0.2) is 35.6 Å². The fourth-order valence-electron chi connectivity index (χ4n) is 0.842. The molecule has 10 heavy (non-hydrogen) atoms. The Labute approximate surface area is 59.9 Å². The van der Waals surface area contributed by atoms with Crippen molar-refractivity contribution >= 4 is 6.29 Å². The van der Waals surface area contributed by atoms with E-state index in [2.05, 4.69) is 5.32 Å². The van der Waals surface area contributed by atoms with Crippen LogP contribution in [-0.2, 0) is 4.79 Å². The van der Waals surface area contributed by atoms with E-state index in [1.807, 2.05) is 19.2 Å². The maximum absolute atomic E-state index is 10.3. The molecule has 0 spiro atoms. The van der Waals surface area contributed by atoms with E-state index in [1.54, 1.807) is 12.3 Å². The van der Waals surface area contributed by atoms with E-state index in [4.69, 9.17) is 0 Å². The van der Waals surface area contributed by atoms with Gasteiger partial charge in [0.15, 0.2) is 6.29 Å². The molecule has 0 aromatic heterocycles. The third kappa shape index (κ3) is 1.16. The second-order valence-electron chi connectivity index (χ2n) is 1.99. The Hall–Kier alpha value is -1.31. The summed E-state index contributed by atoms with van der Waals surface area (Å²) in [5.41, 5.74) is 1.67. The molecule has 0 aromatic rings. The van der Waals surface area contributed by atoms with Gasteiger partial charge in [-0.2, -0.15) is 0 Å². The molecule has 0 fully saturated rings. The summed E-state index contributed by atoms with van der Waals surface area (Å²) in [7, 11) is 1.81. The van der Waals surface area contributed by atoms with Gasteiger partial charge in [0.1, 0.15) is 0 Å². The highest BCUT2D eigenvalue weighted by Gasteiger charge is 2.02. The maximum atomic E-state index is 10.3. The fourth-order valence-corrected chi connectivity index (χ4v) is 0.842. The van der Waals surface area contributed by atoms with E-state index in [0.29, 0.717) is 0 Å². The molecule has 0 atom stereocenters. The van der Waals surface area contributed by atoms with E-state index in [9.17, 15) is 4.79 Å². The summed E-state index contributed by atoms with van der Waals surface area (Å²) in [6, 6.07) is 0. The Kier molecular flexibility index (Phi) is 2.05. The molecule has 0 bridgehead atoms. The SMILES string of the molecule is CN/C=C1/C=CC=C1C=O. The smallest absolute Gasteiger partial charge is 0.150 e. The first-order valence-electron chi connectivity index (χ1n) is 3.10. The minimum atomic E-state index is 0.731. The Bertz CT molecular complexity index is 223. The summed E-state index contributed by atoms with van der Waals surface area (Å²) in [6.07, 6.45) is 8.18. The van der Waals surface area contributed by atoms with Gasteiger partial charge in [0, 0.05) is 24.4 Å². The zero-order valence-corrected chi connectivity index (χ0v) is 5.79. The van der Waals surface area contributed by atoms with E-state index in [1.165, 1.54) is 0 Å². The number of nitrogens with one attached hydrogen (secondary N) is 1. The number of rotatable bonds is 2. The van der Waals surface area contributed by atoms with Gasteiger partial charge < -0.3 is 5.32 Å². The van der Waals surface area contributed by atoms with Crippen LogP contribution >= 0.6 is 0 Å². The minimum absolute atomic E-state index is 0.731. The van der Waals surface area contributed by atoms with Crippen molar-refractivity contribution < 1.29 is 4.79 Å². The second-order valence-corrected chi connectivity index (χ2v) is 1.99. The van der Waals surface area contributed by atoms with Crippen molar-refractivity contribution in [1.82, 2.24) is 5.32 Å².